The molecule has 0 bridgehead atoms. The molecule has 29 heavy (non-hydrogen) atoms. The summed E-state index contributed by atoms with van der Waals surface area (Å²) in [6, 6.07) is 31.3. The Hall–Kier alpha value is -3.32. The summed E-state index contributed by atoms with van der Waals surface area (Å²) in [5.41, 5.74) is 10.6. The monoisotopic (exact) mass is 373 g/mol. The van der Waals surface area contributed by atoms with Gasteiger partial charge in [0.2, 0.25) is 0 Å². The van der Waals surface area contributed by atoms with Gasteiger partial charge in [0, 0.05) is 16.2 Å². The number of aryl methyl sites for hydroxylation is 1. The van der Waals surface area contributed by atoms with Crippen LogP contribution in [0.4, 0.5) is 0 Å². The fourth-order valence-corrected chi connectivity index (χ4v) is 5.49. The lowest BCUT2D eigenvalue weighted by Gasteiger charge is -2.39. The van der Waals surface area contributed by atoms with Crippen LogP contribution in [0.25, 0.3) is 27.5 Å². The summed E-state index contributed by atoms with van der Waals surface area (Å²) in [5, 5.41) is 2.66. The van der Waals surface area contributed by atoms with Gasteiger partial charge in [-0.3, -0.25) is 0 Å². The Bertz CT molecular complexity index is 1440. The third-order valence-electron chi connectivity index (χ3n) is 7.06. The van der Waals surface area contributed by atoms with E-state index in [9.17, 15) is 0 Å². The zero-order valence-corrected chi connectivity index (χ0v) is 17.0. The molecular weight excluding hydrogens is 350 g/mol. The third kappa shape index (κ3) is 1.95. The molecule has 0 saturated heterocycles. The first-order chi connectivity index (χ1) is 14.1. The zero-order valence-electron chi connectivity index (χ0n) is 17.0. The molecule has 0 radical (unpaired) electrons. The molecule has 0 N–H and O–H groups in total. The van der Waals surface area contributed by atoms with Crippen LogP contribution >= 0.6 is 0 Å². The lowest BCUT2D eigenvalue weighted by molar-refractivity contribution is 0.673. The molecule has 4 aromatic carbocycles. The standard InChI is InChI=1S/C28H23N/c1-18-10-8-14-22(19(18)2)28(3)23-13-5-7-17-26(23)29-25-16-6-4-11-20(25)21-12-9-15-24(28)27(21)29/h4-17H,1-3H3. The fraction of sp³-hybridized carbons (Fsp3) is 0.143. The Labute approximate surface area is 171 Å². The molecule has 1 aliphatic rings. The maximum absolute atomic E-state index is 2.47. The van der Waals surface area contributed by atoms with E-state index in [1.165, 1.54) is 55.3 Å². The molecule has 0 aliphatic carbocycles. The number of benzene rings is 4. The Balaban J connectivity index is 1.88. The molecule has 1 aliphatic heterocycles. The summed E-state index contributed by atoms with van der Waals surface area (Å²) in [6.45, 7) is 6.89. The second-order valence-electron chi connectivity index (χ2n) is 8.44. The van der Waals surface area contributed by atoms with Crippen LogP contribution in [0.3, 0.4) is 0 Å². The number of hydrogen-bond donors (Lipinski definition) is 0. The van der Waals surface area contributed by atoms with Crippen molar-refractivity contribution in [3.63, 3.8) is 0 Å². The average molecular weight is 373 g/mol. The van der Waals surface area contributed by atoms with Gasteiger partial charge in [-0.05, 0) is 60.7 Å². The summed E-state index contributed by atoms with van der Waals surface area (Å²) in [6.07, 6.45) is 0. The second kappa shape index (κ2) is 5.61. The summed E-state index contributed by atoms with van der Waals surface area (Å²) in [5.74, 6) is 0. The van der Waals surface area contributed by atoms with Gasteiger partial charge in [-0.25, -0.2) is 0 Å². The van der Waals surface area contributed by atoms with E-state index >= 15 is 0 Å². The summed E-state index contributed by atoms with van der Waals surface area (Å²) < 4.78 is 2.47. The molecule has 0 saturated carbocycles. The van der Waals surface area contributed by atoms with E-state index in [4.69, 9.17) is 0 Å². The maximum Gasteiger partial charge on any atom is 0.0585 e. The number of fused-ring (bicyclic) bond motifs is 5. The molecule has 6 rings (SSSR count). The molecule has 1 nitrogen and oxygen atoms in total. The van der Waals surface area contributed by atoms with Crippen LogP contribution in [0.2, 0.25) is 0 Å². The van der Waals surface area contributed by atoms with Gasteiger partial charge in [-0.1, -0.05) is 72.8 Å². The molecule has 1 unspecified atom stereocenters. The quantitative estimate of drug-likeness (QED) is 0.296. The Kier molecular flexibility index (Phi) is 3.21. The van der Waals surface area contributed by atoms with Gasteiger partial charge in [0.05, 0.1) is 16.7 Å². The van der Waals surface area contributed by atoms with Crippen molar-refractivity contribution in [1.82, 2.24) is 4.57 Å². The minimum Gasteiger partial charge on any atom is -0.309 e. The average Bonchev–Trinajstić information content (AvgIpc) is 3.09. The van der Waals surface area contributed by atoms with Gasteiger partial charge in [0.25, 0.3) is 0 Å². The first kappa shape index (κ1) is 16.6. The SMILES string of the molecule is Cc1cccc(C2(C)c3ccccc3-n3c4ccccc4c4cccc2c43)c1C. The fourth-order valence-electron chi connectivity index (χ4n) is 5.49. The molecular formula is C28H23N. The minimum atomic E-state index is -0.198. The molecule has 0 spiro atoms. The molecule has 2 heterocycles. The molecule has 1 heteroatoms. The van der Waals surface area contributed by atoms with Gasteiger partial charge in [0.15, 0.2) is 0 Å². The number of para-hydroxylation sites is 3. The van der Waals surface area contributed by atoms with Gasteiger partial charge in [-0.15, -0.1) is 0 Å². The summed E-state index contributed by atoms with van der Waals surface area (Å²) in [7, 11) is 0. The van der Waals surface area contributed by atoms with Crippen LogP contribution in [-0.4, -0.2) is 4.57 Å². The van der Waals surface area contributed by atoms with E-state index in [0.717, 1.165) is 0 Å². The van der Waals surface area contributed by atoms with E-state index in [0.29, 0.717) is 0 Å². The maximum atomic E-state index is 2.47. The van der Waals surface area contributed by atoms with Gasteiger partial charge >= 0.3 is 0 Å². The molecule has 1 atom stereocenters. The van der Waals surface area contributed by atoms with Crippen molar-refractivity contribution in [1.29, 1.82) is 0 Å². The smallest absolute Gasteiger partial charge is 0.0585 e. The highest BCUT2D eigenvalue weighted by Crippen LogP contribution is 2.51. The normalized spacial score (nSPS) is 17.6. The number of nitrogens with zero attached hydrogens (tertiary/aromatic N) is 1. The van der Waals surface area contributed by atoms with Crippen molar-refractivity contribution in [3.05, 3.63) is 113 Å². The van der Waals surface area contributed by atoms with E-state index < -0.39 is 0 Å². The predicted octanol–water partition coefficient (Wildman–Crippen LogP) is 7.07. The third-order valence-corrected chi connectivity index (χ3v) is 7.06. The van der Waals surface area contributed by atoms with Crippen LogP contribution in [-0.2, 0) is 5.41 Å². The van der Waals surface area contributed by atoms with Crippen LogP contribution in [0.15, 0.2) is 84.9 Å². The number of aromatic nitrogens is 1. The highest BCUT2D eigenvalue weighted by atomic mass is 15.0. The highest BCUT2D eigenvalue weighted by Gasteiger charge is 2.40. The lowest BCUT2D eigenvalue weighted by atomic mass is 9.67. The lowest BCUT2D eigenvalue weighted by Crippen LogP contribution is -2.31. The molecule has 0 amide bonds. The van der Waals surface area contributed by atoms with Crippen LogP contribution in [0, 0.1) is 13.8 Å². The van der Waals surface area contributed by atoms with E-state index in [-0.39, 0.29) is 5.41 Å². The first-order valence-electron chi connectivity index (χ1n) is 10.3. The van der Waals surface area contributed by atoms with Crippen molar-refractivity contribution in [2.75, 3.05) is 0 Å². The van der Waals surface area contributed by atoms with Gasteiger partial charge < -0.3 is 4.57 Å². The van der Waals surface area contributed by atoms with Crippen molar-refractivity contribution >= 4 is 21.8 Å². The Morgan fingerprint density at radius 3 is 2.17 bits per heavy atom. The first-order valence-corrected chi connectivity index (χ1v) is 10.3. The second-order valence-corrected chi connectivity index (χ2v) is 8.44. The highest BCUT2D eigenvalue weighted by molar-refractivity contribution is 6.11. The van der Waals surface area contributed by atoms with Crippen molar-refractivity contribution in [2.24, 2.45) is 0 Å². The van der Waals surface area contributed by atoms with E-state index in [2.05, 4.69) is 110 Å². The minimum absolute atomic E-state index is 0.198. The Morgan fingerprint density at radius 2 is 1.28 bits per heavy atom. The summed E-state index contributed by atoms with van der Waals surface area (Å²) in [4.78, 5) is 0. The van der Waals surface area contributed by atoms with Crippen molar-refractivity contribution < 1.29 is 0 Å². The van der Waals surface area contributed by atoms with Gasteiger partial charge in [0.1, 0.15) is 0 Å². The van der Waals surface area contributed by atoms with E-state index in [1.54, 1.807) is 0 Å². The van der Waals surface area contributed by atoms with Gasteiger partial charge in [-0.2, -0.15) is 0 Å². The number of hydrogen-bond acceptors (Lipinski definition) is 0. The van der Waals surface area contributed by atoms with Crippen molar-refractivity contribution in [3.8, 4) is 5.69 Å². The van der Waals surface area contributed by atoms with E-state index in [1.807, 2.05) is 0 Å². The predicted molar refractivity (Wildman–Crippen MR) is 122 cm³/mol. The van der Waals surface area contributed by atoms with Crippen LogP contribution in [0.5, 0.6) is 0 Å². The largest absolute Gasteiger partial charge is 0.309 e. The molecule has 140 valence electrons. The molecule has 0 fully saturated rings. The molecule has 1 aromatic heterocycles. The van der Waals surface area contributed by atoms with Crippen molar-refractivity contribution in [2.45, 2.75) is 26.2 Å². The topological polar surface area (TPSA) is 4.93 Å². The van der Waals surface area contributed by atoms with Crippen LogP contribution < -0.4 is 0 Å². The van der Waals surface area contributed by atoms with Crippen LogP contribution in [0.1, 0.15) is 34.7 Å². The number of rotatable bonds is 1. The summed E-state index contributed by atoms with van der Waals surface area (Å²) >= 11 is 0. The zero-order chi connectivity index (χ0) is 19.8. The Morgan fingerprint density at radius 1 is 0.621 bits per heavy atom. The molecule has 5 aromatic rings.